The lowest BCUT2D eigenvalue weighted by Crippen LogP contribution is -2.22. The summed E-state index contributed by atoms with van der Waals surface area (Å²) < 4.78 is 4.71. The molecule has 0 aromatic carbocycles. The molecule has 1 aliphatic rings. The Morgan fingerprint density at radius 1 is 1.46 bits per heavy atom. The molecule has 0 radical (unpaired) electrons. The summed E-state index contributed by atoms with van der Waals surface area (Å²) in [6.45, 7) is 0. The first-order valence-corrected chi connectivity index (χ1v) is 4.79. The molecule has 0 N–H and O–H groups in total. The van der Waals surface area contributed by atoms with E-state index in [4.69, 9.17) is 11.2 Å². The number of carbonyl (C=O) groups is 1. The molecule has 0 atom stereocenters. The van der Waals surface area contributed by atoms with Gasteiger partial charge in [-0.15, -0.1) is 12.3 Å². The fourth-order valence-corrected chi connectivity index (χ4v) is 1.94. The number of rotatable bonds is 2. The summed E-state index contributed by atoms with van der Waals surface area (Å²) in [4.78, 5) is 11.2. The molecule has 0 spiro atoms. The van der Waals surface area contributed by atoms with Crippen molar-refractivity contribution in [2.24, 2.45) is 11.8 Å². The van der Waals surface area contributed by atoms with Gasteiger partial charge in [0.1, 0.15) is 0 Å². The third kappa shape index (κ3) is 2.77. The first-order valence-electron chi connectivity index (χ1n) is 4.79. The Bertz CT molecular complexity index is 207. The maximum absolute atomic E-state index is 11.2. The van der Waals surface area contributed by atoms with Crippen LogP contribution in [0.15, 0.2) is 0 Å². The molecular weight excluding hydrogens is 164 g/mol. The first kappa shape index (κ1) is 10.1. The molecule has 0 aliphatic heterocycles. The lowest BCUT2D eigenvalue weighted by Gasteiger charge is -2.25. The summed E-state index contributed by atoms with van der Waals surface area (Å²) >= 11 is 0. The Hall–Kier alpha value is -0.970. The van der Waals surface area contributed by atoms with Crippen molar-refractivity contribution in [3.63, 3.8) is 0 Å². The lowest BCUT2D eigenvalue weighted by molar-refractivity contribution is -0.146. The predicted molar refractivity (Wildman–Crippen MR) is 50.9 cm³/mol. The topological polar surface area (TPSA) is 26.3 Å². The van der Waals surface area contributed by atoms with Crippen LogP contribution in [0.3, 0.4) is 0 Å². The van der Waals surface area contributed by atoms with Crippen molar-refractivity contribution >= 4 is 5.97 Å². The molecule has 0 aromatic rings. The smallest absolute Gasteiger partial charge is 0.308 e. The fraction of sp³-hybridized carbons (Fsp3) is 0.727. The maximum Gasteiger partial charge on any atom is 0.308 e. The largest absolute Gasteiger partial charge is 0.469 e. The molecule has 0 saturated heterocycles. The zero-order chi connectivity index (χ0) is 9.68. The van der Waals surface area contributed by atoms with Crippen LogP contribution >= 0.6 is 0 Å². The maximum atomic E-state index is 11.2. The van der Waals surface area contributed by atoms with Gasteiger partial charge in [0.2, 0.25) is 0 Å². The van der Waals surface area contributed by atoms with Crippen LogP contribution in [-0.4, -0.2) is 13.1 Å². The molecule has 1 fully saturated rings. The zero-order valence-corrected chi connectivity index (χ0v) is 8.08. The molecule has 1 rings (SSSR count). The van der Waals surface area contributed by atoms with Crippen molar-refractivity contribution in [1.82, 2.24) is 0 Å². The van der Waals surface area contributed by atoms with E-state index in [-0.39, 0.29) is 11.9 Å². The highest BCUT2D eigenvalue weighted by Crippen LogP contribution is 2.30. The molecule has 0 heterocycles. The summed E-state index contributed by atoms with van der Waals surface area (Å²) in [5.41, 5.74) is 0. The summed E-state index contributed by atoms with van der Waals surface area (Å²) in [5, 5.41) is 0. The second kappa shape index (κ2) is 4.91. The molecule has 13 heavy (non-hydrogen) atoms. The van der Waals surface area contributed by atoms with Crippen LogP contribution in [0.1, 0.15) is 32.1 Å². The molecular formula is C11H16O2. The summed E-state index contributed by atoms with van der Waals surface area (Å²) in [6, 6.07) is 0. The monoisotopic (exact) mass is 180 g/mol. The van der Waals surface area contributed by atoms with Crippen molar-refractivity contribution < 1.29 is 9.53 Å². The van der Waals surface area contributed by atoms with Gasteiger partial charge < -0.3 is 4.74 Å². The second-order valence-corrected chi connectivity index (χ2v) is 3.65. The molecule has 0 aromatic heterocycles. The van der Waals surface area contributed by atoms with E-state index in [1.807, 2.05) is 0 Å². The highest BCUT2D eigenvalue weighted by atomic mass is 16.5. The summed E-state index contributed by atoms with van der Waals surface area (Å²) in [5.74, 6) is 3.38. The highest BCUT2D eigenvalue weighted by Gasteiger charge is 2.26. The van der Waals surface area contributed by atoms with E-state index in [0.29, 0.717) is 5.92 Å². The number of carbonyl (C=O) groups excluding carboxylic acids is 1. The van der Waals surface area contributed by atoms with Gasteiger partial charge in [0.15, 0.2) is 0 Å². The minimum atomic E-state index is -0.0563. The summed E-state index contributed by atoms with van der Waals surface area (Å²) in [7, 11) is 1.45. The van der Waals surface area contributed by atoms with Crippen LogP contribution in [0, 0.1) is 24.2 Å². The van der Waals surface area contributed by atoms with E-state index in [1.54, 1.807) is 0 Å². The quantitative estimate of drug-likeness (QED) is 0.480. The number of terminal acetylenes is 1. The van der Waals surface area contributed by atoms with Gasteiger partial charge in [-0.05, 0) is 31.6 Å². The van der Waals surface area contributed by atoms with Crippen LogP contribution < -0.4 is 0 Å². The fourth-order valence-electron chi connectivity index (χ4n) is 1.94. The highest BCUT2D eigenvalue weighted by molar-refractivity contribution is 5.72. The van der Waals surface area contributed by atoms with Crippen LogP contribution in [0.4, 0.5) is 0 Å². The van der Waals surface area contributed by atoms with Crippen molar-refractivity contribution in [1.29, 1.82) is 0 Å². The number of esters is 1. The number of hydrogen-bond donors (Lipinski definition) is 0. The van der Waals surface area contributed by atoms with Crippen molar-refractivity contribution in [2.75, 3.05) is 7.11 Å². The van der Waals surface area contributed by atoms with Crippen molar-refractivity contribution in [3.8, 4) is 12.3 Å². The van der Waals surface area contributed by atoms with E-state index in [1.165, 1.54) is 7.11 Å². The molecule has 1 aliphatic carbocycles. The Kier molecular flexibility index (Phi) is 3.82. The Morgan fingerprint density at radius 2 is 2.08 bits per heavy atom. The first-order chi connectivity index (χ1) is 6.27. The molecule has 0 bridgehead atoms. The second-order valence-electron chi connectivity index (χ2n) is 3.65. The van der Waals surface area contributed by atoms with Crippen molar-refractivity contribution in [3.05, 3.63) is 0 Å². The van der Waals surface area contributed by atoms with Gasteiger partial charge >= 0.3 is 5.97 Å². The van der Waals surface area contributed by atoms with Gasteiger partial charge in [-0.2, -0.15) is 0 Å². The zero-order valence-electron chi connectivity index (χ0n) is 8.08. The lowest BCUT2D eigenvalue weighted by atomic mass is 9.81. The normalized spacial score (nSPS) is 27.7. The minimum Gasteiger partial charge on any atom is -0.469 e. The Morgan fingerprint density at radius 3 is 2.54 bits per heavy atom. The van der Waals surface area contributed by atoms with Gasteiger partial charge in [-0.25, -0.2) is 0 Å². The van der Waals surface area contributed by atoms with Crippen LogP contribution in [-0.2, 0) is 9.53 Å². The Balaban J connectivity index is 2.31. The van der Waals surface area contributed by atoms with Crippen LogP contribution in [0.25, 0.3) is 0 Å². The average Bonchev–Trinajstić information content (AvgIpc) is 2.18. The third-order valence-electron chi connectivity index (χ3n) is 2.79. The average molecular weight is 180 g/mol. The van der Waals surface area contributed by atoms with Crippen LogP contribution in [0.5, 0.6) is 0 Å². The van der Waals surface area contributed by atoms with Crippen LogP contribution in [0.2, 0.25) is 0 Å². The number of ether oxygens (including phenoxy) is 1. The molecule has 72 valence electrons. The van der Waals surface area contributed by atoms with E-state index < -0.39 is 0 Å². The van der Waals surface area contributed by atoms with Gasteiger partial charge in [0.05, 0.1) is 13.0 Å². The standard InChI is InChI=1S/C11H16O2/c1-3-4-9-5-7-10(8-6-9)11(12)13-2/h1,9-10H,4-8H2,2H3. The summed E-state index contributed by atoms with van der Waals surface area (Å²) in [6.07, 6.45) is 10.1. The van der Waals surface area contributed by atoms with Gasteiger partial charge in [0, 0.05) is 6.42 Å². The molecule has 0 amide bonds. The molecule has 0 unspecified atom stereocenters. The van der Waals surface area contributed by atoms with E-state index >= 15 is 0 Å². The predicted octanol–water partition coefficient (Wildman–Crippen LogP) is 1.99. The van der Waals surface area contributed by atoms with Gasteiger partial charge in [-0.1, -0.05) is 0 Å². The minimum absolute atomic E-state index is 0.0563. The molecule has 2 heteroatoms. The number of hydrogen-bond acceptors (Lipinski definition) is 2. The Labute approximate surface area is 79.7 Å². The van der Waals surface area contributed by atoms with E-state index in [0.717, 1.165) is 32.1 Å². The van der Waals surface area contributed by atoms with Crippen molar-refractivity contribution in [2.45, 2.75) is 32.1 Å². The molecule has 1 saturated carbocycles. The van der Waals surface area contributed by atoms with Gasteiger partial charge in [0.25, 0.3) is 0 Å². The van der Waals surface area contributed by atoms with Gasteiger partial charge in [-0.3, -0.25) is 4.79 Å². The number of methoxy groups -OCH3 is 1. The molecule has 2 nitrogen and oxygen atoms in total. The third-order valence-corrected chi connectivity index (χ3v) is 2.79. The van der Waals surface area contributed by atoms with E-state index in [9.17, 15) is 4.79 Å². The van der Waals surface area contributed by atoms with E-state index in [2.05, 4.69) is 5.92 Å². The SMILES string of the molecule is C#CCC1CCC(C(=O)OC)CC1.